The van der Waals surface area contributed by atoms with Crippen LogP contribution in [-0.4, -0.2) is 31.0 Å². The summed E-state index contributed by atoms with van der Waals surface area (Å²) < 4.78 is 11.8. The number of fused-ring (bicyclic) bond motifs is 2. The number of unbranched alkanes of at least 4 members (excludes halogenated alkanes) is 4. The second-order valence-corrected chi connectivity index (χ2v) is 7.61. The van der Waals surface area contributed by atoms with E-state index in [0.29, 0.717) is 13.2 Å². The Kier molecular flexibility index (Phi) is 7.70. The zero-order valence-corrected chi connectivity index (χ0v) is 17.1. The van der Waals surface area contributed by atoms with Gasteiger partial charge in [0.1, 0.15) is 18.5 Å². The molecule has 0 bridgehead atoms. The molecule has 0 fully saturated rings. The Balaban J connectivity index is 1.62. The number of benzene rings is 3. The Morgan fingerprint density at radius 3 is 2.50 bits per heavy atom. The third-order valence-electron chi connectivity index (χ3n) is 5.09. The van der Waals surface area contributed by atoms with Gasteiger partial charge >= 0.3 is 0 Å². The smallest absolute Gasteiger partial charge is 0.135 e. The predicted octanol–water partition coefficient (Wildman–Crippen LogP) is 6.03. The lowest BCUT2D eigenvalue weighted by Gasteiger charge is -2.16. The normalized spacial score (nSPS) is 12.5. The number of aliphatic hydroxyl groups excluding tert-OH is 1. The van der Waals surface area contributed by atoms with Crippen LogP contribution in [0.15, 0.2) is 48.5 Å². The second-order valence-electron chi connectivity index (χ2n) is 7.61. The highest BCUT2D eigenvalue weighted by atomic mass is 16.5. The van der Waals surface area contributed by atoms with E-state index in [2.05, 4.69) is 50.2 Å². The molecule has 28 heavy (non-hydrogen) atoms. The molecule has 3 aromatic rings. The first kappa shape index (κ1) is 20.6. The van der Waals surface area contributed by atoms with Gasteiger partial charge < -0.3 is 14.6 Å². The van der Waals surface area contributed by atoms with Crippen molar-refractivity contribution in [3.63, 3.8) is 0 Å². The molecule has 1 N–H and O–H groups in total. The van der Waals surface area contributed by atoms with Gasteiger partial charge in [-0.05, 0) is 36.2 Å². The van der Waals surface area contributed by atoms with Crippen LogP contribution >= 0.6 is 0 Å². The minimum Gasteiger partial charge on any atom is -0.489 e. The first-order valence-corrected chi connectivity index (χ1v) is 10.5. The Morgan fingerprint density at radius 2 is 1.64 bits per heavy atom. The molecule has 0 saturated heterocycles. The van der Waals surface area contributed by atoms with E-state index in [9.17, 15) is 5.11 Å². The fourth-order valence-electron chi connectivity index (χ4n) is 3.55. The summed E-state index contributed by atoms with van der Waals surface area (Å²) in [5.41, 5.74) is 1.19. The van der Waals surface area contributed by atoms with E-state index in [-0.39, 0.29) is 6.61 Å². The maximum Gasteiger partial charge on any atom is 0.135 e. The number of aryl methyl sites for hydroxylation is 1. The molecule has 150 valence electrons. The minimum absolute atomic E-state index is 0.229. The average Bonchev–Trinajstić information content (AvgIpc) is 2.70. The fraction of sp³-hybridized carbons (Fsp3) is 0.440. The van der Waals surface area contributed by atoms with Gasteiger partial charge in [0.15, 0.2) is 0 Å². The molecule has 0 spiro atoms. The Labute approximate surface area is 168 Å². The Morgan fingerprint density at radius 1 is 0.857 bits per heavy atom. The van der Waals surface area contributed by atoms with Crippen molar-refractivity contribution in [2.24, 2.45) is 0 Å². The van der Waals surface area contributed by atoms with Crippen LogP contribution < -0.4 is 4.74 Å². The van der Waals surface area contributed by atoms with Gasteiger partial charge in [0.05, 0.1) is 6.61 Å². The zero-order chi connectivity index (χ0) is 19.8. The maximum atomic E-state index is 10.3. The number of aliphatic hydroxyl groups is 1. The summed E-state index contributed by atoms with van der Waals surface area (Å²) in [7, 11) is 0. The first-order valence-electron chi connectivity index (χ1n) is 10.5. The van der Waals surface area contributed by atoms with Crippen LogP contribution in [0.5, 0.6) is 5.75 Å². The van der Waals surface area contributed by atoms with Crippen LogP contribution in [0.1, 0.15) is 44.6 Å². The molecule has 3 rings (SSSR count). The van der Waals surface area contributed by atoms with Gasteiger partial charge in [-0.1, -0.05) is 74.6 Å². The maximum absolute atomic E-state index is 10.3. The topological polar surface area (TPSA) is 38.7 Å². The van der Waals surface area contributed by atoms with Gasteiger partial charge in [0, 0.05) is 17.4 Å². The number of hydrogen-bond donors (Lipinski definition) is 1. The lowest BCUT2D eigenvalue weighted by Crippen LogP contribution is -2.23. The van der Waals surface area contributed by atoms with Gasteiger partial charge in [-0.2, -0.15) is 0 Å². The number of rotatable bonds is 11. The fourth-order valence-corrected chi connectivity index (χ4v) is 3.55. The van der Waals surface area contributed by atoms with Crippen molar-refractivity contribution >= 4 is 21.5 Å². The van der Waals surface area contributed by atoms with E-state index in [1.807, 2.05) is 12.1 Å². The van der Waals surface area contributed by atoms with E-state index in [1.165, 1.54) is 31.2 Å². The van der Waals surface area contributed by atoms with E-state index < -0.39 is 6.10 Å². The lowest BCUT2D eigenvalue weighted by molar-refractivity contribution is 0.0115. The monoisotopic (exact) mass is 380 g/mol. The summed E-state index contributed by atoms with van der Waals surface area (Å²) in [6.45, 7) is 5.55. The van der Waals surface area contributed by atoms with Crippen molar-refractivity contribution in [2.75, 3.05) is 19.8 Å². The van der Waals surface area contributed by atoms with Gasteiger partial charge in [-0.15, -0.1) is 0 Å². The largest absolute Gasteiger partial charge is 0.489 e. The van der Waals surface area contributed by atoms with Crippen molar-refractivity contribution in [1.82, 2.24) is 0 Å². The average molecular weight is 381 g/mol. The molecule has 0 heterocycles. The summed E-state index contributed by atoms with van der Waals surface area (Å²) in [4.78, 5) is 0. The quantitative estimate of drug-likeness (QED) is 0.326. The molecule has 0 aromatic heterocycles. The summed E-state index contributed by atoms with van der Waals surface area (Å²) in [6, 6.07) is 16.8. The van der Waals surface area contributed by atoms with Crippen molar-refractivity contribution in [3.05, 3.63) is 54.1 Å². The summed E-state index contributed by atoms with van der Waals surface area (Å²) in [5, 5.41) is 14.8. The molecular formula is C25H32O3. The Bertz CT molecular complexity index is 887. The minimum atomic E-state index is -0.630. The van der Waals surface area contributed by atoms with E-state index in [1.54, 1.807) is 0 Å². The highest BCUT2D eigenvalue weighted by Gasteiger charge is 2.12. The first-order chi connectivity index (χ1) is 13.7. The summed E-state index contributed by atoms with van der Waals surface area (Å²) in [5.74, 6) is 0.843. The molecule has 0 radical (unpaired) electrons. The van der Waals surface area contributed by atoms with Crippen molar-refractivity contribution in [2.45, 2.75) is 52.1 Å². The molecule has 1 atom stereocenters. The molecular weight excluding hydrogens is 348 g/mol. The summed E-state index contributed by atoms with van der Waals surface area (Å²) >= 11 is 0. The molecule has 0 amide bonds. The molecule has 0 saturated carbocycles. The van der Waals surface area contributed by atoms with Gasteiger partial charge in [0.2, 0.25) is 0 Å². The van der Waals surface area contributed by atoms with Crippen LogP contribution in [0.25, 0.3) is 21.5 Å². The third-order valence-corrected chi connectivity index (χ3v) is 5.09. The van der Waals surface area contributed by atoms with Gasteiger partial charge in [-0.25, -0.2) is 0 Å². The van der Waals surface area contributed by atoms with Crippen LogP contribution in [0.4, 0.5) is 0 Å². The van der Waals surface area contributed by atoms with Crippen LogP contribution in [0, 0.1) is 6.92 Å². The molecule has 3 heteroatoms. The van der Waals surface area contributed by atoms with E-state index in [4.69, 9.17) is 9.47 Å². The molecule has 0 aliphatic rings. The Hall–Kier alpha value is -2.10. The van der Waals surface area contributed by atoms with Crippen LogP contribution in [0.2, 0.25) is 0 Å². The molecule has 1 unspecified atom stereocenters. The van der Waals surface area contributed by atoms with Crippen LogP contribution in [0.3, 0.4) is 0 Å². The molecule has 3 nitrogen and oxygen atoms in total. The lowest BCUT2D eigenvalue weighted by atomic mass is 10.0. The molecule has 3 aromatic carbocycles. The number of ether oxygens (including phenoxy) is 2. The highest BCUT2D eigenvalue weighted by molar-refractivity contribution is 6.05. The molecule has 0 aliphatic carbocycles. The molecule has 0 aliphatic heterocycles. The second kappa shape index (κ2) is 10.4. The number of hydrogen-bond acceptors (Lipinski definition) is 3. The van der Waals surface area contributed by atoms with Gasteiger partial charge in [-0.3, -0.25) is 0 Å². The van der Waals surface area contributed by atoms with Gasteiger partial charge in [0.25, 0.3) is 0 Å². The predicted molar refractivity (Wildman–Crippen MR) is 117 cm³/mol. The standard InChI is InChI=1S/C25H32O3/c1-3-4-5-6-9-14-27-17-22(26)18-28-25-23-11-8-7-10-20(23)16-21-13-12-19(2)15-24(21)25/h7-8,10-13,15-16,22,26H,3-6,9,14,17-18H2,1-2H3. The van der Waals surface area contributed by atoms with Crippen molar-refractivity contribution in [1.29, 1.82) is 0 Å². The van der Waals surface area contributed by atoms with Crippen molar-refractivity contribution < 1.29 is 14.6 Å². The third kappa shape index (κ3) is 5.46. The summed E-state index contributed by atoms with van der Waals surface area (Å²) in [6.07, 6.45) is 5.42. The van der Waals surface area contributed by atoms with E-state index in [0.717, 1.165) is 33.7 Å². The van der Waals surface area contributed by atoms with E-state index >= 15 is 0 Å². The van der Waals surface area contributed by atoms with Crippen molar-refractivity contribution in [3.8, 4) is 5.75 Å². The van der Waals surface area contributed by atoms with Crippen LogP contribution in [-0.2, 0) is 4.74 Å². The highest BCUT2D eigenvalue weighted by Crippen LogP contribution is 2.35. The zero-order valence-electron chi connectivity index (χ0n) is 17.1. The SMILES string of the molecule is CCCCCCCOCC(O)COc1c2ccccc2cc2ccc(C)cc12.